The molecule has 0 aromatic heterocycles. The number of piperidine rings is 1. The molecular weight excluding hydrogens is 339 g/mol. The lowest BCUT2D eigenvalue weighted by Gasteiger charge is -2.30. The van der Waals surface area contributed by atoms with Crippen LogP contribution in [0.1, 0.15) is 19.8 Å². The van der Waals surface area contributed by atoms with E-state index in [1.54, 1.807) is 0 Å². The van der Waals surface area contributed by atoms with Crippen molar-refractivity contribution in [3.63, 3.8) is 0 Å². The molecule has 1 aliphatic rings. The van der Waals surface area contributed by atoms with Crippen LogP contribution in [0, 0.1) is 9.49 Å². The summed E-state index contributed by atoms with van der Waals surface area (Å²) >= 11 is 2.25. The molecule has 1 aromatic carbocycles. The van der Waals surface area contributed by atoms with Crippen molar-refractivity contribution in [2.75, 3.05) is 25.0 Å². The third-order valence-corrected chi connectivity index (χ3v) is 3.89. The molecule has 1 aliphatic heterocycles. The fourth-order valence-corrected chi connectivity index (χ4v) is 2.94. The molecule has 1 saturated heterocycles. The van der Waals surface area contributed by atoms with Crippen LogP contribution in [0.3, 0.4) is 0 Å². The van der Waals surface area contributed by atoms with Gasteiger partial charge in [0.15, 0.2) is 0 Å². The van der Waals surface area contributed by atoms with Crippen LogP contribution in [-0.4, -0.2) is 30.4 Å². The Balaban J connectivity index is 1.85. The van der Waals surface area contributed by atoms with Crippen LogP contribution in [-0.2, 0) is 4.79 Å². The van der Waals surface area contributed by atoms with Gasteiger partial charge in [-0.25, -0.2) is 0 Å². The molecule has 98 valence electrons. The summed E-state index contributed by atoms with van der Waals surface area (Å²) in [4.78, 5) is 14.2. The highest BCUT2D eigenvalue weighted by atomic mass is 127. The van der Waals surface area contributed by atoms with E-state index in [1.165, 1.54) is 12.8 Å². The minimum absolute atomic E-state index is 0.0890. The van der Waals surface area contributed by atoms with Gasteiger partial charge < -0.3 is 5.32 Å². The van der Waals surface area contributed by atoms with E-state index in [1.807, 2.05) is 24.3 Å². The Morgan fingerprint density at radius 1 is 1.56 bits per heavy atom. The van der Waals surface area contributed by atoms with Crippen LogP contribution in [0.2, 0.25) is 0 Å². The second kappa shape index (κ2) is 6.52. The summed E-state index contributed by atoms with van der Waals surface area (Å²) in [6.45, 7) is 4.85. The van der Waals surface area contributed by atoms with Crippen molar-refractivity contribution < 1.29 is 4.79 Å². The molecule has 1 amide bonds. The molecule has 18 heavy (non-hydrogen) atoms. The minimum Gasteiger partial charge on any atom is -0.325 e. The molecule has 0 saturated carbocycles. The zero-order valence-electron chi connectivity index (χ0n) is 10.7. The molecule has 1 unspecified atom stereocenters. The molecular formula is C14H19IN2O. The van der Waals surface area contributed by atoms with Gasteiger partial charge in [0.25, 0.3) is 0 Å². The number of halogens is 1. The van der Waals surface area contributed by atoms with Gasteiger partial charge in [0.2, 0.25) is 5.91 Å². The molecule has 1 N–H and O–H groups in total. The zero-order valence-corrected chi connectivity index (χ0v) is 12.8. The number of nitrogens with zero attached hydrogens (tertiary/aromatic N) is 1. The maximum atomic E-state index is 11.9. The zero-order chi connectivity index (χ0) is 13.0. The van der Waals surface area contributed by atoms with E-state index in [2.05, 4.69) is 39.7 Å². The fourth-order valence-electron chi connectivity index (χ4n) is 2.40. The van der Waals surface area contributed by atoms with Crippen LogP contribution in [0.4, 0.5) is 5.69 Å². The number of nitrogens with one attached hydrogen (secondary N) is 1. The Bertz CT molecular complexity index is 422. The van der Waals surface area contributed by atoms with Gasteiger partial charge in [0.05, 0.1) is 6.54 Å². The SMILES string of the molecule is CC1CCCN(CC(=O)Nc2cccc(I)c2)C1. The predicted octanol–water partition coefficient (Wildman–Crippen LogP) is 2.96. The van der Waals surface area contributed by atoms with E-state index < -0.39 is 0 Å². The van der Waals surface area contributed by atoms with Crippen molar-refractivity contribution in [3.05, 3.63) is 27.8 Å². The molecule has 3 nitrogen and oxygen atoms in total. The molecule has 1 heterocycles. The van der Waals surface area contributed by atoms with E-state index in [4.69, 9.17) is 0 Å². The lowest BCUT2D eigenvalue weighted by atomic mass is 10.0. The highest BCUT2D eigenvalue weighted by Gasteiger charge is 2.18. The summed E-state index contributed by atoms with van der Waals surface area (Å²) in [5.74, 6) is 0.801. The quantitative estimate of drug-likeness (QED) is 0.843. The lowest BCUT2D eigenvalue weighted by molar-refractivity contribution is -0.117. The maximum Gasteiger partial charge on any atom is 0.238 e. The summed E-state index contributed by atoms with van der Waals surface area (Å²) in [6.07, 6.45) is 2.49. The van der Waals surface area contributed by atoms with Crippen molar-refractivity contribution in [1.82, 2.24) is 4.90 Å². The number of carbonyl (C=O) groups excluding carboxylic acids is 1. The first-order valence-electron chi connectivity index (χ1n) is 6.41. The van der Waals surface area contributed by atoms with E-state index in [9.17, 15) is 4.79 Å². The Hall–Kier alpha value is -0.620. The summed E-state index contributed by atoms with van der Waals surface area (Å²) in [6, 6.07) is 7.89. The molecule has 1 fully saturated rings. The Labute approximate surface area is 122 Å². The highest BCUT2D eigenvalue weighted by molar-refractivity contribution is 14.1. The van der Waals surface area contributed by atoms with Gasteiger partial charge in [-0.2, -0.15) is 0 Å². The predicted molar refractivity (Wildman–Crippen MR) is 82.6 cm³/mol. The van der Waals surface area contributed by atoms with E-state index in [0.717, 1.165) is 22.3 Å². The normalized spacial score (nSPS) is 20.7. The fraction of sp³-hybridized carbons (Fsp3) is 0.500. The average Bonchev–Trinajstić information content (AvgIpc) is 2.28. The first-order valence-corrected chi connectivity index (χ1v) is 7.49. The van der Waals surface area contributed by atoms with Crippen molar-refractivity contribution in [2.45, 2.75) is 19.8 Å². The third kappa shape index (κ3) is 4.24. The molecule has 1 atom stereocenters. The first kappa shape index (κ1) is 13.8. The van der Waals surface area contributed by atoms with Gasteiger partial charge in [-0.05, 0) is 66.1 Å². The number of carbonyl (C=O) groups is 1. The maximum absolute atomic E-state index is 11.9. The third-order valence-electron chi connectivity index (χ3n) is 3.22. The minimum atomic E-state index is 0.0890. The monoisotopic (exact) mass is 358 g/mol. The molecule has 2 rings (SSSR count). The van der Waals surface area contributed by atoms with Crippen molar-refractivity contribution in [3.8, 4) is 0 Å². The first-order chi connectivity index (χ1) is 8.63. The Morgan fingerprint density at radius 3 is 3.11 bits per heavy atom. The molecule has 0 radical (unpaired) electrons. The van der Waals surface area contributed by atoms with Gasteiger partial charge in [0.1, 0.15) is 0 Å². The van der Waals surface area contributed by atoms with E-state index in [0.29, 0.717) is 12.5 Å². The number of amides is 1. The van der Waals surface area contributed by atoms with Crippen molar-refractivity contribution >= 4 is 34.2 Å². The molecule has 0 spiro atoms. The van der Waals surface area contributed by atoms with Crippen LogP contribution in [0.15, 0.2) is 24.3 Å². The summed E-state index contributed by atoms with van der Waals surface area (Å²) in [5, 5.41) is 2.96. The van der Waals surface area contributed by atoms with E-state index in [-0.39, 0.29) is 5.91 Å². The summed E-state index contributed by atoms with van der Waals surface area (Å²) < 4.78 is 1.14. The van der Waals surface area contributed by atoms with Gasteiger partial charge in [-0.1, -0.05) is 13.0 Å². The number of hydrogen-bond acceptors (Lipinski definition) is 2. The summed E-state index contributed by atoms with van der Waals surface area (Å²) in [5.41, 5.74) is 0.886. The smallest absolute Gasteiger partial charge is 0.238 e. The van der Waals surface area contributed by atoms with Gasteiger partial charge in [-0.3, -0.25) is 9.69 Å². The molecule has 4 heteroatoms. The topological polar surface area (TPSA) is 32.3 Å². The second-order valence-electron chi connectivity index (χ2n) is 5.04. The number of benzene rings is 1. The summed E-state index contributed by atoms with van der Waals surface area (Å²) in [7, 11) is 0. The van der Waals surface area contributed by atoms with Gasteiger partial charge in [0, 0.05) is 15.8 Å². The lowest BCUT2D eigenvalue weighted by Crippen LogP contribution is -2.39. The van der Waals surface area contributed by atoms with Gasteiger partial charge >= 0.3 is 0 Å². The number of rotatable bonds is 3. The van der Waals surface area contributed by atoms with Crippen LogP contribution in [0.25, 0.3) is 0 Å². The van der Waals surface area contributed by atoms with Crippen molar-refractivity contribution in [2.24, 2.45) is 5.92 Å². The van der Waals surface area contributed by atoms with Crippen LogP contribution < -0.4 is 5.32 Å². The Morgan fingerprint density at radius 2 is 2.39 bits per heavy atom. The average molecular weight is 358 g/mol. The van der Waals surface area contributed by atoms with Crippen molar-refractivity contribution in [1.29, 1.82) is 0 Å². The molecule has 0 bridgehead atoms. The number of anilines is 1. The standard InChI is InChI=1S/C14H19IN2O/c1-11-4-3-7-17(9-11)10-14(18)16-13-6-2-5-12(15)8-13/h2,5-6,8,11H,3-4,7,9-10H2,1H3,(H,16,18). The Kier molecular flexibility index (Phi) is 5.00. The molecule has 0 aliphatic carbocycles. The molecule has 1 aromatic rings. The number of likely N-dealkylation sites (tertiary alicyclic amines) is 1. The van der Waals surface area contributed by atoms with E-state index >= 15 is 0 Å². The number of hydrogen-bond donors (Lipinski definition) is 1. The largest absolute Gasteiger partial charge is 0.325 e. The van der Waals surface area contributed by atoms with Gasteiger partial charge in [-0.15, -0.1) is 0 Å². The highest BCUT2D eigenvalue weighted by Crippen LogP contribution is 2.16. The van der Waals surface area contributed by atoms with Crippen LogP contribution >= 0.6 is 22.6 Å². The second-order valence-corrected chi connectivity index (χ2v) is 6.29. The van der Waals surface area contributed by atoms with Crippen LogP contribution in [0.5, 0.6) is 0 Å².